The van der Waals surface area contributed by atoms with E-state index >= 15 is 0 Å². The van der Waals surface area contributed by atoms with Crippen LogP contribution in [-0.2, 0) is 4.74 Å². The molecule has 1 fully saturated rings. The zero-order chi connectivity index (χ0) is 17.9. The average Bonchev–Trinajstić information content (AvgIpc) is 2.56. The fourth-order valence-electron chi connectivity index (χ4n) is 2.42. The molecule has 0 unspecified atom stereocenters. The molecular formula is C14H20N2O8. The number of benzene rings is 1. The largest absolute Gasteiger partial charge is 0.494 e. The molecule has 10 nitrogen and oxygen atoms in total. The van der Waals surface area contributed by atoms with Crippen molar-refractivity contribution in [1.29, 1.82) is 0 Å². The number of nitrogens with zero attached hydrogens (tertiary/aromatic N) is 1. The summed E-state index contributed by atoms with van der Waals surface area (Å²) in [6.45, 7) is 1.50. The fraction of sp³-hybridized carbons (Fsp3) is 0.571. The second kappa shape index (κ2) is 7.73. The van der Waals surface area contributed by atoms with Gasteiger partial charge >= 0.3 is 0 Å². The minimum atomic E-state index is -1.57. The molecule has 24 heavy (non-hydrogen) atoms. The summed E-state index contributed by atoms with van der Waals surface area (Å²) in [4.78, 5) is 10.6. The first-order valence-corrected chi connectivity index (χ1v) is 7.37. The molecule has 1 saturated heterocycles. The maximum absolute atomic E-state index is 11.2. The number of aliphatic hydroxyl groups is 4. The number of anilines is 1. The Labute approximate surface area is 137 Å². The van der Waals surface area contributed by atoms with Crippen molar-refractivity contribution in [2.24, 2.45) is 0 Å². The first kappa shape index (κ1) is 18.4. The van der Waals surface area contributed by atoms with Crippen LogP contribution in [0.25, 0.3) is 0 Å². The lowest BCUT2D eigenvalue weighted by molar-refractivity contribution is -0.384. The van der Waals surface area contributed by atoms with E-state index in [1.54, 1.807) is 6.92 Å². The molecule has 5 N–H and O–H groups in total. The molecular weight excluding hydrogens is 324 g/mol. The minimum Gasteiger partial charge on any atom is -0.494 e. The Hall–Kier alpha value is -1.98. The van der Waals surface area contributed by atoms with Gasteiger partial charge in [0.25, 0.3) is 5.69 Å². The molecule has 1 aliphatic heterocycles. The van der Waals surface area contributed by atoms with Gasteiger partial charge in [-0.15, -0.1) is 0 Å². The monoisotopic (exact) mass is 344 g/mol. The number of hydrogen-bond donors (Lipinski definition) is 5. The first-order chi connectivity index (χ1) is 11.4. The molecule has 1 aliphatic rings. The van der Waals surface area contributed by atoms with E-state index in [9.17, 15) is 25.4 Å². The van der Waals surface area contributed by atoms with E-state index < -0.39 is 42.2 Å². The van der Waals surface area contributed by atoms with Gasteiger partial charge in [-0.1, -0.05) is 0 Å². The number of rotatable bonds is 6. The van der Waals surface area contributed by atoms with Crippen molar-refractivity contribution in [3.05, 3.63) is 28.3 Å². The van der Waals surface area contributed by atoms with Gasteiger partial charge in [-0.05, 0) is 19.1 Å². The second-order valence-electron chi connectivity index (χ2n) is 5.26. The number of aliphatic hydroxyl groups excluding tert-OH is 4. The number of nitro benzene ring substituents is 1. The quantitative estimate of drug-likeness (QED) is 0.329. The topological polar surface area (TPSA) is 155 Å². The molecule has 0 bridgehead atoms. The molecule has 0 aliphatic carbocycles. The van der Waals surface area contributed by atoms with E-state index in [0.717, 1.165) is 0 Å². The average molecular weight is 344 g/mol. The summed E-state index contributed by atoms with van der Waals surface area (Å²) in [5.74, 6) is 0.309. The molecule has 10 heteroatoms. The summed E-state index contributed by atoms with van der Waals surface area (Å²) in [6.07, 6.45) is -6.98. The Bertz CT molecular complexity index is 582. The number of ether oxygens (including phenoxy) is 2. The molecule has 0 spiro atoms. The summed E-state index contributed by atoms with van der Waals surface area (Å²) in [7, 11) is 0. The van der Waals surface area contributed by atoms with Gasteiger partial charge in [0, 0.05) is 0 Å². The van der Waals surface area contributed by atoms with Crippen LogP contribution in [0.2, 0.25) is 0 Å². The zero-order valence-corrected chi connectivity index (χ0v) is 12.9. The Balaban J connectivity index is 2.24. The summed E-state index contributed by atoms with van der Waals surface area (Å²) in [5, 5.41) is 52.4. The van der Waals surface area contributed by atoms with Crippen LogP contribution in [0.3, 0.4) is 0 Å². The van der Waals surface area contributed by atoms with Gasteiger partial charge in [0.1, 0.15) is 35.9 Å². The predicted molar refractivity (Wildman–Crippen MR) is 81.7 cm³/mol. The molecule has 134 valence electrons. The third-order valence-electron chi connectivity index (χ3n) is 3.67. The van der Waals surface area contributed by atoms with Crippen LogP contribution in [-0.4, -0.2) is 69.2 Å². The van der Waals surface area contributed by atoms with Crippen molar-refractivity contribution in [2.75, 3.05) is 18.5 Å². The molecule has 1 heterocycles. The SMILES string of the molecule is CCOc1ccc(N[C@@H]2O[C@@H](CO)[C@@H](O)[C@@H](O)[C@@H]2O)c([N+](=O)[O-])c1. The summed E-state index contributed by atoms with van der Waals surface area (Å²) >= 11 is 0. The van der Waals surface area contributed by atoms with Crippen LogP contribution in [0.1, 0.15) is 6.92 Å². The van der Waals surface area contributed by atoms with Gasteiger partial charge in [0.15, 0.2) is 6.23 Å². The van der Waals surface area contributed by atoms with E-state index in [4.69, 9.17) is 14.6 Å². The van der Waals surface area contributed by atoms with Crippen LogP contribution in [0.5, 0.6) is 5.75 Å². The Kier molecular flexibility index (Phi) is 5.91. The molecule has 1 aromatic rings. The van der Waals surface area contributed by atoms with Gasteiger partial charge in [-0.2, -0.15) is 0 Å². The van der Waals surface area contributed by atoms with Gasteiger partial charge in [-0.25, -0.2) is 0 Å². The standard InChI is InChI=1S/C14H20N2O8/c1-2-23-7-3-4-8(9(5-7)16(21)22)15-14-13(20)12(19)11(18)10(6-17)24-14/h3-5,10-15,17-20H,2,6H2,1H3/t10-,11+,12+,13-,14+/m0/s1. The lowest BCUT2D eigenvalue weighted by atomic mass is 9.98. The Morgan fingerprint density at radius 2 is 2.00 bits per heavy atom. The molecule has 1 aromatic carbocycles. The van der Waals surface area contributed by atoms with E-state index in [-0.39, 0.29) is 11.4 Å². The maximum atomic E-state index is 11.2. The van der Waals surface area contributed by atoms with Crippen molar-refractivity contribution in [2.45, 2.75) is 37.6 Å². The summed E-state index contributed by atoms with van der Waals surface area (Å²) in [6, 6.07) is 4.10. The van der Waals surface area contributed by atoms with E-state index in [1.807, 2.05) is 0 Å². The van der Waals surface area contributed by atoms with E-state index in [0.29, 0.717) is 12.4 Å². The molecule has 0 saturated carbocycles. The molecule has 5 atom stereocenters. The summed E-state index contributed by atoms with van der Waals surface area (Å²) < 4.78 is 10.5. The van der Waals surface area contributed by atoms with Crippen LogP contribution < -0.4 is 10.1 Å². The molecule has 0 radical (unpaired) electrons. The highest BCUT2D eigenvalue weighted by molar-refractivity contribution is 5.64. The lowest BCUT2D eigenvalue weighted by Gasteiger charge is -2.40. The Morgan fingerprint density at radius 3 is 2.58 bits per heavy atom. The van der Waals surface area contributed by atoms with Crippen molar-refractivity contribution < 1.29 is 34.8 Å². The lowest BCUT2D eigenvalue weighted by Crippen LogP contribution is -2.60. The number of nitrogens with one attached hydrogen (secondary N) is 1. The smallest absolute Gasteiger partial charge is 0.296 e. The van der Waals surface area contributed by atoms with Crippen molar-refractivity contribution in [3.8, 4) is 5.75 Å². The van der Waals surface area contributed by atoms with Gasteiger partial charge in [-0.3, -0.25) is 10.1 Å². The van der Waals surface area contributed by atoms with Crippen LogP contribution in [0.4, 0.5) is 11.4 Å². The predicted octanol–water partition coefficient (Wildman–Crippen LogP) is -0.795. The van der Waals surface area contributed by atoms with Crippen LogP contribution >= 0.6 is 0 Å². The number of hydrogen-bond acceptors (Lipinski definition) is 9. The number of nitro groups is 1. The summed E-state index contributed by atoms with van der Waals surface area (Å²) in [5.41, 5.74) is -0.273. The maximum Gasteiger partial charge on any atom is 0.296 e. The van der Waals surface area contributed by atoms with E-state index in [1.165, 1.54) is 18.2 Å². The Morgan fingerprint density at radius 1 is 1.29 bits per heavy atom. The van der Waals surface area contributed by atoms with Gasteiger partial charge in [0.2, 0.25) is 0 Å². The van der Waals surface area contributed by atoms with Gasteiger partial charge in [0.05, 0.1) is 24.2 Å². The highest BCUT2D eigenvalue weighted by atomic mass is 16.6. The fourth-order valence-corrected chi connectivity index (χ4v) is 2.42. The van der Waals surface area contributed by atoms with Crippen molar-refractivity contribution in [1.82, 2.24) is 0 Å². The van der Waals surface area contributed by atoms with Crippen LogP contribution in [0.15, 0.2) is 18.2 Å². The minimum absolute atomic E-state index is 0.0350. The molecule has 0 amide bonds. The molecule has 2 rings (SSSR count). The van der Waals surface area contributed by atoms with Crippen molar-refractivity contribution >= 4 is 11.4 Å². The highest BCUT2D eigenvalue weighted by Crippen LogP contribution is 2.31. The molecule has 0 aromatic heterocycles. The van der Waals surface area contributed by atoms with Crippen LogP contribution in [0, 0.1) is 10.1 Å². The normalized spacial score (nSPS) is 30.0. The zero-order valence-electron chi connectivity index (χ0n) is 12.9. The van der Waals surface area contributed by atoms with E-state index in [2.05, 4.69) is 5.32 Å². The third kappa shape index (κ3) is 3.74. The first-order valence-electron chi connectivity index (χ1n) is 7.37. The van der Waals surface area contributed by atoms with Gasteiger partial charge < -0.3 is 35.2 Å². The third-order valence-corrected chi connectivity index (χ3v) is 3.67. The van der Waals surface area contributed by atoms with Crippen molar-refractivity contribution in [3.63, 3.8) is 0 Å². The second-order valence-corrected chi connectivity index (χ2v) is 5.26. The highest BCUT2D eigenvalue weighted by Gasteiger charge is 2.43.